The highest BCUT2D eigenvalue weighted by molar-refractivity contribution is 7.00. The van der Waals surface area contributed by atoms with Crippen LogP contribution in [0.25, 0.3) is 66.0 Å². The normalized spacial score (nSPS) is 13.5. The molecule has 0 N–H and O–H groups in total. The Morgan fingerprint density at radius 1 is 0.528 bits per heavy atom. The third kappa shape index (κ3) is 3.71. The summed E-state index contributed by atoms with van der Waals surface area (Å²) in [5.74, 6) is 0. The van der Waals surface area contributed by atoms with Crippen molar-refractivity contribution in [2.45, 2.75) is 26.2 Å². The van der Waals surface area contributed by atoms with Crippen molar-refractivity contribution in [3.63, 3.8) is 0 Å². The molecule has 2 aliphatic rings. The zero-order chi connectivity index (χ0) is 35.2. The minimum atomic E-state index is -0.114. The van der Waals surface area contributed by atoms with Crippen LogP contribution in [0, 0.1) is 0 Å². The van der Waals surface area contributed by atoms with Crippen molar-refractivity contribution in [3.8, 4) is 11.4 Å². The first-order chi connectivity index (χ1) is 26.0. The number of rotatable bonds is 2. The minimum absolute atomic E-state index is 0.00650. The van der Waals surface area contributed by atoms with E-state index in [1.807, 2.05) is 0 Å². The van der Waals surface area contributed by atoms with Crippen molar-refractivity contribution >= 4 is 94.9 Å². The molecule has 3 aromatic heterocycles. The Balaban J connectivity index is 1.33. The average Bonchev–Trinajstić information content (AvgIpc) is 3.85. The van der Waals surface area contributed by atoms with Gasteiger partial charge in [-0.3, -0.25) is 0 Å². The molecule has 0 fully saturated rings. The number of hydrogen-bond donors (Lipinski definition) is 0. The van der Waals surface area contributed by atoms with E-state index in [-0.39, 0.29) is 12.1 Å². The van der Waals surface area contributed by atoms with Crippen LogP contribution in [0.1, 0.15) is 26.3 Å². The Labute approximate surface area is 307 Å². The number of hydrogen-bond acceptors (Lipinski definition) is 2. The van der Waals surface area contributed by atoms with Crippen molar-refractivity contribution < 1.29 is 4.42 Å². The fraction of sp³-hybridized carbons (Fsp3) is 0.0833. The van der Waals surface area contributed by atoms with E-state index in [0.29, 0.717) is 0 Å². The highest BCUT2D eigenvalue weighted by atomic mass is 16.3. The van der Waals surface area contributed by atoms with Gasteiger partial charge in [-0.05, 0) is 94.7 Å². The van der Waals surface area contributed by atoms with Gasteiger partial charge in [0.15, 0.2) is 0 Å². The summed E-state index contributed by atoms with van der Waals surface area (Å²) in [5, 5.41) is 6.28. The summed E-state index contributed by atoms with van der Waals surface area (Å²) in [5.41, 5.74) is 16.5. The van der Waals surface area contributed by atoms with Gasteiger partial charge < -0.3 is 18.5 Å². The summed E-state index contributed by atoms with van der Waals surface area (Å²) in [7, 11) is 0. The van der Waals surface area contributed by atoms with Gasteiger partial charge >= 0.3 is 0 Å². The summed E-state index contributed by atoms with van der Waals surface area (Å²) in [4.78, 5) is 2.43. The van der Waals surface area contributed by atoms with Gasteiger partial charge in [-0.2, -0.15) is 0 Å². The lowest BCUT2D eigenvalue weighted by molar-refractivity contribution is 0.591. The van der Waals surface area contributed by atoms with E-state index in [1.54, 1.807) is 0 Å². The molecule has 12 rings (SSSR count). The number of fused-ring (bicyclic) bond motifs is 13. The lowest BCUT2D eigenvalue weighted by atomic mass is 9.36. The van der Waals surface area contributed by atoms with Crippen LogP contribution < -0.4 is 21.5 Å². The smallest absolute Gasteiger partial charge is 0.297 e. The van der Waals surface area contributed by atoms with E-state index in [2.05, 4.69) is 186 Å². The van der Waals surface area contributed by atoms with E-state index in [0.717, 1.165) is 33.7 Å². The van der Waals surface area contributed by atoms with E-state index in [4.69, 9.17) is 4.42 Å². The zero-order valence-corrected chi connectivity index (χ0v) is 29.8. The molecule has 0 bridgehead atoms. The predicted octanol–water partition coefficient (Wildman–Crippen LogP) is 10.5. The summed E-state index contributed by atoms with van der Waals surface area (Å²) < 4.78 is 12.1. The highest BCUT2D eigenvalue weighted by Gasteiger charge is 2.46. The van der Waals surface area contributed by atoms with Crippen LogP contribution in [0.3, 0.4) is 0 Å². The molecule has 5 heterocycles. The molecule has 0 spiro atoms. The van der Waals surface area contributed by atoms with Crippen LogP contribution >= 0.6 is 0 Å². The van der Waals surface area contributed by atoms with Gasteiger partial charge in [0.05, 0.1) is 33.4 Å². The standard InChI is InChI=1S/C48H34BN3O/c1-48(2,3)29-25-26-37-34(27-29)43-42-32-19-10-12-21-36(32)50(30-15-6-4-7-16-30)40(42)28-35-46(43)52(37)39-23-14-22-38-44(39)49(35)47-45(33-20-11-13-24-41(33)53-47)51(38)31-17-8-5-9-18-31/h4-28H,1-3H3. The van der Waals surface area contributed by atoms with Crippen LogP contribution in [0.4, 0.5) is 17.1 Å². The van der Waals surface area contributed by atoms with Gasteiger partial charge in [-0.1, -0.05) is 99.6 Å². The third-order valence-corrected chi connectivity index (χ3v) is 11.8. The summed E-state index contributed by atoms with van der Waals surface area (Å²) in [6.45, 7) is 6.83. The minimum Gasteiger partial charge on any atom is -0.468 e. The Kier molecular flexibility index (Phi) is 5.56. The number of anilines is 3. The second-order valence-electron chi connectivity index (χ2n) is 15.7. The van der Waals surface area contributed by atoms with Crippen LogP contribution in [-0.4, -0.2) is 15.8 Å². The summed E-state index contributed by atoms with van der Waals surface area (Å²) >= 11 is 0. The molecule has 250 valence electrons. The molecule has 0 radical (unpaired) electrons. The van der Waals surface area contributed by atoms with Gasteiger partial charge in [0.25, 0.3) is 6.71 Å². The quantitative estimate of drug-likeness (QED) is 0.170. The highest BCUT2D eigenvalue weighted by Crippen LogP contribution is 2.47. The Morgan fingerprint density at radius 2 is 1.21 bits per heavy atom. The molecule has 0 amide bonds. The van der Waals surface area contributed by atoms with Gasteiger partial charge in [0, 0.05) is 49.7 Å². The lowest BCUT2D eigenvalue weighted by Crippen LogP contribution is -2.60. The number of benzene rings is 7. The molecule has 0 saturated heterocycles. The Bertz CT molecular complexity index is 3160. The zero-order valence-electron chi connectivity index (χ0n) is 29.8. The molecular formula is C48H34BN3O. The molecule has 53 heavy (non-hydrogen) atoms. The molecule has 0 unspecified atom stereocenters. The summed E-state index contributed by atoms with van der Waals surface area (Å²) in [6, 6.07) is 55.6. The average molecular weight is 680 g/mol. The van der Waals surface area contributed by atoms with Crippen LogP contribution in [0.2, 0.25) is 0 Å². The van der Waals surface area contributed by atoms with Gasteiger partial charge in [0.2, 0.25) is 0 Å². The molecule has 10 aromatic rings. The molecule has 7 aromatic carbocycles. The van der Waals surface area contributed by atoms with Crippen molar-refractivity contribution in [2.75, 3.05) is 4.90 Å². The fourth-order valence-corrected chi connectivity index (χ4v) is 9.58. The van der Waals surface area contributed by atoms with Crippen LogP contribution in [0.15, 0.2) is 156 Å². The molecule has 0 atom stereocenters. The topological polar surface area (TPSA) is 26.2 Å². The Morgan fingerprint density at radius 3 is 2.00 bits per heavy atom. The third-order valence-electron chi connectivity index (χ3n) is 11.8. The molecular weight excluding hydrogens is 645 g/mol. The van der Waals surface area contributed by atoms with Crippen LogP contribution in [-0.2, 0) is 5.41 Å². The first-order valence-corrected chi connectivity index (χ1v) is 18.6. The fourth-order valence-electron chi connectivity index (χ4n) is 9.58. The SMILES string of the molecule is CC(C)(C)c1ccc2c(c1)c1c3c4ccccc4n(-c4ccccc4)c3cc3c1n2-c1cccc2c1B3c1oc3ccccc3c1N2c1ccccc1. The second kappa shape index (κ2) is 10.1. The molecule has 2 aliphatic heterocycles. The number of nitrogens with zero attached hydrogens (tertiary/aromatic N) is 3. The molecule has 5 heteroatoms. The first-order valence-electron chi connectivity index (χ1n) is 18.6. The summed E-state index contributed by atoms with van der Waals surface area (Å²) in [6.07, 6.45) is 0. The molecule has 4 nitrogen and oxygen atoms in total. The maximum Gasteiger partial charge on any atom is 0.297 e. The van der Waals surface area contributed by atoms with E-state index in [1.165, 1.54) is 71.5 Å². The molecule has 0 saturated carbocycles. The van der Waals surface area contributed by atoms with Crippen LogP contribution in [0.5, 0.6) is 0 Å². The van der Waals surface area contributed by atoms with Crippen molar-refractivity contribution in [3.05, 3.63) is 157 Å². The Hall–Kier alpha value is -6.46. The van der Waals surface area contributed by atoms with E-state index >= 15 is 0 Å². The maximum atomic E-state index is 7.10. The predicted molar refractivity (Wildman–Crippen MR) is 223 cm³/mol. The van der Waals surface area contributed by atoms with Gasteiger partial charge in [-0.25, -0.2) is 0 Å². The number of aromatic nitrogens is 2. The lowest BCUT2D eigenvalue weighted by Gasteiger charge is -2.38. The van der Waals surface area contributed by atoms with E-state index in [9.17, 15) is 0 Å². The first kappa shape index (κ1) is 29.2. The van der Waals surface area contributed by atoms with Gasteiger partial charge in [-0.15, -0.1) is 0 Å². The number of para-hydroxylation sites is 4. The monoisotopic (exact) mass is 679 g/mol. The van der Waals surface area contributed by atoms with E-state index < -0.39 is 0 Å². The maximum absolute atomic E-state index is 7.10. The molecule has 0 aliphatic carbocycles. The van der Waals surface area contributed by atoms with Gasteiger partial charge in [0.1, 0.15) is 5.58 Å². The largest absolute Gasteiger partial charge is 0.468 e. The number of furan rings is 1. The van der Waals surface area contributed by atoms with Crippen molar-refractivity contribution in [2.24, 2.45) is 0 Å². The second-order valence-corrected chi connectivity index (χ2v) is 15.7. The van der Waals surface area contributed by atoms with Crippen molar-refractivity contribution in [1.29, 1.82) is 0 Å². The van der Waals surface area contributed by atoms with Crippen molar-refractivity contribution in [1.82, 2.24) is 9.13 Å².